The van der Waals surface area contributed by atoms with Crippen molar-refractivity contribution in [2.75, 3.05) is 0 Å². The molecule has 0 radical (unpaired) electrons. The Balaban J connectivity index is 1.67. The van der Waals surface area contributed by atoms with Gasteiger partial charge in [0.1, 0.15) is 0 Å². The molecule has 0 N–H and O–H groups in total. The molecule has 3 aromatic carbocycles. The zero-order chi connectivity index (χ0) is 18.6. The van der Waals surface area contributed by atoms with Crippen molar-refractivity contribution in [1.82, 2.24) is 0 Å². The zero-order valence-electron chi connectivity index (χ0n) is 15.9. The molecule has 3 atom stereocenters. The third-order valence-electron chi connectivity index (χ3n) is 6.91. The van der Waals surface area contributed by atoms with E-state index in [1.807, 2.05) is 0 Å². The topological polar surface area (TPSA) is 12.4 Å². The number of hydrogen-bond acceptors (Lipinski definition) is 1. The monoisotopic (exact) mass is 361 g/mol. The van der Waals surface area contributed by atoms with Gasteiger partial charge in [-0.05, 0) is 41.5 Å². The molecule has 1 nitrogen and oxygen atoms in total. The van der Waals surface area contributed by atoms with Gasteiger partial charge in [-0.15, -0.1) is 0 Å². The van der Waals surface area contributed by atoms with E-state index in [-0.39, 0.29) is 11.5 Å². The summed E-state index contributed by atoms with van der Waals surface area (Å²) in [5.41, 5.74) is 8.40. The molecular weight excluding hydrogens is 338 g/mol. The number of allylic oxidation sites excluding steroid dienone is 1. The van der Waals surface area contributed by atoms with Gasteiger partial charge >= 0.3 is 0 Å². The van der Waals surface area contributed by atoms with Crippen LogP contribution in [0.25, 0.3) is 0 Å². The summed E-state index contributed by atoms with van der Waals surface area (Å²) >= 11 is 0. The van der Waals surface area contributed by atoms with Crippen molar-refractivity contribution < 1.29 is 0 Å². The fraction of sp³-hybridized carbons (Fsp3) is 0.222. The second-order valence-electron chi connectivity index (χ2n) is 8.26. The fourth-order valence-corrected chi connectivity index (χ4v) is 5.76. The van der Waals surface area contributed by atoms with Gasteiger partial charge in [0.2, 0.25) is 0 Å². The molecular formula is C27H23N. The molecule has 1 heteroatoms. The van der Waals surface area contributed by atoms with Crippen molar-refractivity contribution in [1.29, 1.82) is 0 Å². The van der Waals surface area contributed by atoms with Crippen molar-refractivity contribution in [2.24, 2.45) is 4.99 Å². The van der Waals surface area contributed by atoms with Crippen LogP contribution in [0.3, 0.4) is 0 Å². The van der Waals surface area contributed by atoms with Gasteiger partial charge in [-0.3, -0.25) is 4.99 Å². The minimum atomic E-state index is -0.0437. The lowest BCUT2D eigenvalue weighted by Gasteiger charge is -2.39. The van der Waals surface area contributed by atoms with Crippen molar-refractivity contribution >= 4 is 5.71 Å². The molecule has 0 aromatic heterocycles. The van der Waals surface area contributed by atoms with Crippen LogP contribution in [-0.2, 0) is 5.41 Å². The minimum Gasteiger partial charge on any atom is -0.279 e. The van der Waals surface area contributed by atoms with E-state index in [9.17, 15) is 0 Å². The van der Waals surface area contributed by atoms with E-state index in [0.29, 0.717) is 5.92 Å². The average molecular weight is 361 g/mol. The predicted octanol–water partition coefficient (Wildman–Crippen LogP) is 6.38. The Morgan fingerprint density at radius 3 is 2.32 bits per heavy atom. The van der Waals surface area contributed by atoms with Crippen molar-refractivity contribution in [3.05, 3.63) is 119 Å². The Morgan fingerprint density at radius 1 is 0.786 bits per heavy atom. The summed E-state index contributed by atoms with van der Waals surface area (Å²) in [6.45, 7) is 0. The van der Waals surface area contributed by atoms with E-state index >= 15 is 0 Å². The molecule has 7 rings (SSSR count). The molecule has 3 aromatic rings. The fourth-order valence-electron chi connectivity index (χ4n) is 5.76. The standard InChI is InChI=1S/C27H23N/c1-3-10-19(11-4-1)23-18-21-14-9-17-27(21)24-16-8-7-15-22(24)25(23)28-26(27)20-12-5-2-6-13-20/h1-8,10-13,15-16,18,23,25H,9,14,17H2/t23?,25-,27-/m0/s1. The first-order valence-electron chi connectivity index (χ1n) is 10.4. The molecule has 4 aliphatic rings. The second kappa shape index (κ2) is 6.04. The van der Waals surface area contributed by atoms with Gasteiger partial charge in [-0.25, -0.2) is 0 Å². The maximum atomic E-state index is 5.51. The smallest absolute Gasteiger partial charge is 0.0859 e. The van der Waals surface area contributed by atoms with E-state index in [4.69, 9.17) is 4.99 Å². The first-order chi connectivity index (χ1) is 13.9. The number of rotatable bonds is 2. The van der Waals surface area contributed by atoms with Gasteiger partial charge in [-0.1, -0.05) is 96.6 Å². The molecule has 28 heavy (non-hydrogen) atoms. The second-order valence-corrected chi connectivity index (χ2v) is 8.26. The molecule has 2 aliphatic heterocycles. The number of hydrogen-bond donors (Lipinski definition) is 0. The highest BCUT2D eigenvalue weighted by atomic mass is 14.9. The van der Waals surface area contributed by atoms with Gasteiger partial charge in [-0.2, -0.15) is 0 Å². The average Bonchev–Trinajstić information content (AvgIpc) is 3.07. The highest BCUT2D eigenvalue weighted by Crippen LogP contribution is 2.58. The quantitative estimate of drug-likeness (QED) is 0.470. The minimum absolute atomic E-state index is 0.0437. The van der Waals surface area contributed by atoms with Crippen LogP contribution in [-0.4, -0.2) is 5.71 Å². The maximum absolute atomic E-state index is 5.51. The van der Waals surface area contributed by atoms with E-state index in [1.165, 1.54) is 40.8 Å². The summed E-state index contributed by atoms with van der Waals surface area (Å²) in [5.74, 6) is 0.304. The van der Waals surface area contributed by atoms with Crippen LogP contribution in [0.4, 0.5) is 0 Å². The van der Waals surface area contributed by atoms with Crippen LogP contribution in [0.5, 0.6) is 0 Å². The molecule has 2 bridgehead atoms. The van der Waals surface area contributed by atoms with E-state index in [1.54, 1.807) is 5.57 Å². The number of fused-ring (bicyclic) bond motifs is 1. The van der Waals surface area contributed by atoms with Crippen molar-refractivity contribution in [2.45, 2.75) is 36.6 Å². The SMILES string of the molecule is C1=C2CCC[C@]23C(c2ccccc2)=N[C@@H](c2ccccc23)C1c1ccccc1. The predicted molar refractivity (Wildman–Crippen MR) is 115 cm³/mol. The van der Waals surface area contributed by atoms with Crippen molar-refractivity contribution in [3.8, 4) is 0 Å². The Morgan fingerprint density at radius 2 is 1.50 bits per heavy atom. The Labute approximate surface area is 166 Å². The lowest BCUT2D eigenvalue weighted by molar-refractivity contribution is 0.599. The molecule has 136 valence electrons. The van der Waals surface area contributed by atoms with E-state index in [0.717, 1.165) is 6.42 Å². The lowest BCUT2D eigenvalue weighted by Crippen LogP contribution is -2.38. The summed E-state index contributed by atoms with van der Waals surface area (Å²) in [6, 6.07) is 31.1. The molecule has 1 unspecified atom stereocenters. The summed E-state index contributed by atoms with van der Waals surface area (Å²) in [7, 11) is 0. The molecule has 1 saturated carbocycles. The zero-order valence-corrected chi connectivity index (χ0v) is 15.9. The highest BCUT2D eigenvalue weighted by Gasteiger charge is 2.52. The number of benzene rings is 3. The molecule has 1 spiro atoms. The van der Waals surface area contributed by atoms with E-state index in [2.05, 4.69) is 91.0 Å². The van der Waals surface area contributed by atoms with Crippen LogP contribution in [0.15, 0.2) is 102 Å². The Hall–Kier alpha value is -2.93. The number of aliphatic imine (C=N–C) groups is 1. The Kier molecular flexibility index (Phi) is 3.46. The van der Waals surface area contributed by atoms with Gasteiger partial charge in [0.15, 0.2) is 0 Å². The molecule has 0 amide bonds. The summed E-state index contributed by atoms with van der Waals surface area (Å²) < 4.78 is 0. The first-order valence-corrected chi connectivity index (χ1v) is 10.4. The van der Waals surface area contributed by atoms with Crippen LogP contribution in [0.1, 0.15) is 53.5 Å². The molecule has 1 fully saturated rings. The van der Waals surface area contributed by atoms with Crippen LogP contribution in [0.2, 0.25) is 0 Å². The summed E-state index contributed by atoms with van der Waals surface area (Å²) in [4.78, 5) is 5.51. The van der Waals surface area contributed by atoms with Crippen molar-refractivity contribution in [3.63, 3.8) is 0 Å². The first kappa shape index (κ1) is 16.1. The van der Waals surface area contributed by atoms with Crippen LogP contribution < -0.4 is 0 Å². The maximum Gasteiger partial charge on any atom is 0.0859 e. The number of nitrogens with zero attached hydrogens (tertiary/aromatic N) is 1. The van der Waals surface area contributed by atoms with Gasteiger partial charge in [0.25, 0.3) is 0 Å². The van der Waals surface area contributed by atoms with Crippen LogP contribution >= 0.6 is 0 Å². The van der Waals surface area contributed by atoms with Gasteiger partial charge < -0.3 is 0 Å². The van der Waals surface area contributed by atoms with Crippen LogP contribution in [0, 0.1) is 0 Å². The molecule has 2 heterocycles. The lowest BCUT2D eigenvalue weighted by atomic mass is 9.67. The Bertz CT molecular complexity index is 1090. The molecule has 2 aliphatic carbocycles. The van der Waals surface area contributed by atoms with Gasteiger partial charge in [0.05, 0.1) is 17.2 Å². The molecule has 0 saturated heterocycles. The largest absolute Gasteiger partial charge is 0.279 e. The third-order valence-corrected chi connectivity index (χ3v) is 6.91. The summed E-state index contributed by atoms with van der Waals surface area (Å²) in [6.07, 6.45) is 6.15. The third kappa shape index (κ3) is 2.10. The normalized spacial score (nSPS) is 27.4. The van der Waals surface area contributed by atoms with Gasteiger partial charge in [0, 0.05) is 5.92 Å². The highest BCUT2D eigenvalue weighted by molar-refractivity contribution is 6.12. The van der Waals surface area contributed by atoms with E-state index < -0.39 is 0 Å². The summed E-state index contributed by atoms with van der Waals surface area (Å²) in [5, 5.41) is 0.